The third-order valence-electron chi connectivity index (χ3n) is 6.52. The summed E-state index contributed by atoms with van der Waals surface area (Å²) in [4.78, 5) is 26.8. The Morgan fingerprint density at radius 3 is 2.89 bits per heavy atom. The Labute approximate surface area is 202 Å². The molecule has 0 radical (unpaired) electrons. The van der Waals surface area contributed by atoms with Crippen LogP contribution in [0.2, 0.25) is 0 Å². The molecule has 0 amide bonds. The van der Waals surface area contributed by atoms with Gasteiger partial charge in [-0.1, -0.05) is 6.92 Å². The second-order valence-corrected chi connectivity index (χ2v) is 8.94. The van der Waals surface area contributed by atoms with Gasteiger partial charge in [-0.25, -0.2) is 9.78 Å². The van der Waals surface area contributed by atoms with Gasteiger partial charge in [0, 0.05) is 67.7 Å². The van der Waals surface area contributed by atoms with E-state index in [-0.39, 0.29) is 17.8 Å². The lowest BCUT2D eigenvalue weighted by molar-refractivity contribution is -0.00709. The first-order valence-electron chi connectivity index (χ1n) is 11.8. The normalized spacial score (nSPS) is 19.7. The van der Waals surface area contributed by atoms with E-state index in [1.54, 1.807) is 34.9 Å². The molecule has 182 valence electrons. The Bertz CT molecular complexity index is 1520. The van der Waals surface area contributed by atoms with E-state index >= 15 is 0 Å². The van der Waals surface area contributed by atoms with Crippen molar-refractivity contribution in [3.63, 3.8) is 0 Å². The molecule has 0 saturated carbocycles. The zero-order valence-corrected chi connectivity index (χ0v) is 20.4. The average Bonchev–Trinajstić information content (AvgIpc) is 3.45. The number of pyridine rings is 1. The van der Waals surface area contributed by atoms with Crippen LogP contribution in [0.1, 0.15) is 44.7 Å². The van der Waals surface area contributed by atoms with E-state index in [2.05, 4.69) is 27.0 Å². The first kappa shape index (κ1) is 23.0. The highest BCUT2D eigenvalue weighted by Gasteiger charge is 2.29. The maximum atomic E-state index is 13.6. The van der Waals surface area contributed by atoms with Gasteiger partial charge in [0.15, 0.2) is 5.58 Å². The van der Waals surface area contributed by atoms with E-state index in [0.717, 1.165) is 35.8 Å². The summed E-state index contributed by atoms with van der Waals surface area (Å²) < 4.78 is 15.6. The second kappa shape index (κ2) is 9.10. The van der Waals surface area contributed by atoms with Crippen molar-refractivity contribution >= 4 is 34.0 Å². The SMILES string of the molecule is CCC1CC(n2c(=O)nc(-c3cnn(C)c3)c3oc4ncc(/C(C=NC)=C(\C)N)cc4c32)CCO1. The second-order valence-electron chi connectivity index (χ2n) is 8.94. The fourth-order valence-electron chi connectivity index (χ4n) is 4.80. The highest BCUT2D eigenvalue weighted by molar-refractivity contribution is 6.13. The lowest BCUT2D eigenvalue weighted by Gasteiger charge is -2.30. The number of furan rings is 1. The molecule has 0 aromatic carbocycles. The zero-order valence-electron chi connectivity index (χ0n) is 20.4. The molecule has 0 bridgehead atoms. The molecule has 2 atom stereocenters. The molecule has 1 fully saturated rings. The molecule has 10 nitrogen and oxygen atoms in total. The number of aryl methyl sites for hydroxylation is 1. The molecule has 2 unspecified atom stereocenters. The lowest BCUT2D eigenvalue weighted by Crippen LogP contribution is -2.34. The number of nitrogens with zero attached hydrogens (tertiary/aromatic N) is 6. The molecule has 1 saturated heterocycles. The van der Waals surface area contributed by atoms with Gasteiger partial charge in [0.1, 0.15) is 11.2 Å². The molecular formula is C25H29N7O3. The summed E-state index contributed by atoms with van der Waals surface area (Å²) in [6.07, 6.45) is 9.33. The zero-order chi connectivity index (χ0) is 24.7. The topological polar surface area (TPSA) is 126 Å². The molecule has 4 aromatic heterocycles. The van der Waals surface area contributed by atoms with Crippen LogP contribution in [0.3, 0.4) is 0 Å². The Balaban J connectivity index is 1.84. The van der Waals surface area contributed by atoms with Crippen LogP contribution in [0.25, 0.3) is 39.0 Å². The van der Waals surface area contributed by atoms with E-state index in [0.29, 0.717) is 40.4 Å². The highest BCUT2D eigenvalue weighted by Crippen LogP contribution is 2.37. The molecule has 2 N–H and O–H groups in total. The van der Waals surface area contributed by atoms with Crippen molar-refractivity contribution in [3.8, 4) is 11.3 Å². The van der Waals surface area contributed by atoms with Gasteiger partial charge in [0.2, 0.25) is 5.71 Å². The minimum Gasteiger partial charge on any atom is -0.434 e. The van der Waals surface area contributed by atoms with Crippen molar-refractivity contribution in [2.24, 2.45) is 17.8 Å². The maximum absolute atomic E-state index is 13.6. The molecule has 35 heavy (non-hydrogen) atoms. The first-order chi connectivity index (χ1) is 16.9. The van der Waals surface area contributed by atoms with E-state index in [9.17, 15) is 4.79 Å². The summed E-state index contributed by atoms with van der Waals surface area (Å²) in [5.74, 6) is 0. The number of hydrogen-bond acceptors (Lipinski definition) is 8. The predicted molar refractivity (Wildman–Crippen MR) is 135 cm³/mol. The molecule has 4 aromatic rings. The Morgan fingerprint density at radius 1 is 1.37 bits per heavy atom. The maximum Gasteiger partial charge on any atom is 0.349 e. The summed E-state index contributed by atoms with van der Waals surface area (Å²) in [6.45, 7) is 4.51. The van der Waals surface area contributed by atoms with Gasteiger partial charge in [0.25, 0.3) is 0 Å². The number of aliphatic imine (C=N–C) groups is 1. The fraction of sp³-hybridized carbons (Fsp3) is 0.400. The number of nitrogens with two attached hydrogens (primary N) is 1. The van der Waals surface area contributed by atoms with Gasteiger partial charge in [-0.2, -0.15) is 10.1 Å². The minimum absolute atomic E-state index is 0.0629. The van der Waals surface area contributed by atoms with Crippen molar-refractivity contribution in [2.45, 2.75) is 45.3 Å². The number of allylic oxidation sites excluding steroid dienone is 2. The number of hydrogen-bond donors (Lipinski definition) is 1. The molecular weight excluding hydrogens is 446 g/mol. The van der Waals surface area contributed by atoms with E-state index in [1.807, 2.05) is 26.2 Å². The molecule has 10 heteroatoms. The van der Waals surface area contributed by atoms with Crippen LogP contribution in [-0.2, 0) is 11.8 Å². The number of fused-ring (bicyclic) bond motifs is 3. The molecule has 0 aliphatic carbocycles. The van der Waals surface area contributed by atoms with Crippen LogP contribution >= 0.6 is 0 Å². The van der Waals surface area contributed by atoms with Crippen LogP contribution in [0.4, 0.5) is 0 Å². The van der Waals surface area contributed by atoms with Crippen molar-refractivity contribution in [1.29, 1.82) is 0 Å². The summed E-state index contributed by atoms with van der Waals surface area (Å²) in [6, 6.07) is 1.90. The monoisotopic (exact) mass is 475 g/mol. The molecule has 5 rings (SSSR count). The molecule has 1 aliphatic heterocycles. The van der Waals surface area contributed by atoms with E-state index in [1.165, 1.54) is 0 Å². The van der Waals surface area contributed by atoms with Crippen LogP contribution in [0.5, 0.6) is 0 Å². The largest absolute Gasteiger partial charge is 0.434 e. The van der Waals surface area contributed by atoms with Crippen molar-refractivity contribution in [1.82, 2.24) is 24.3 Å². The van der Waals surface area contributed by atoms with Crippen molar-refractivity contribution < 1.29 is 9.15 Å². The van der Waals surface area contributed by atoms with Crippen LogP contribution < -0.4 is 11.4 Å². The van der Waals surface area contributed by atoms with Gasteiger partial charge in [0.05, 0.1) is 17.7 Å². The van der Waals surface area contributed by atoms with Gasteiger partial charge in [-0.3, -0.25) is 14.2 Å². The minimum atomic E-state index is -0.327. The van der Waals surface area contributed by atoms with Crippen molar-refractivity contribution in [3.05, 3.63) is 46.4 Å². The summed E-state index contributed by atoms with van der Waals surface area (Å²) in [5.41, 5.74) is 10.8. The standard InChI is InChI=1S/C25H29N7O3/c1-5-18-9-17(6-7-34-18)32-22-19-8-15(20(12-27-3)14(2)26)10-28-24(19)35-23(22)21(30-25(32)33)16-11-29-31(4)13-16/h8,10-13,17-18H,5-7,9,26H2,1-4H3/b20-14+,27-12?. The Hall–Kier alpha value is -3.79. The first-order valence-corrected chi connectivity index (χ1v) is 11.8. The number of rotatable bonds is 5. The lowest BCUT2D eigenvalue weighted by atomic mass is 10.0. The molecule has 0 spiro atoms. The summed E-state index contributed by atoms with van der Waals surface area (Å²) >= 11 is 0. The van der Waals surface area contributed by atoms with Crippen molar-refractivity contribution in [2.75, 3.05) is 13.7 Å². The predicted octanol–water partition coefficient (Wildman–Crippen LogP) is 3.46. The van der Waals surface area contributed by atoms with Gasteiger partial charge in [-0.05, 0) is 32.3 Å². The Kier molecular flexibility index (Phi) is 5.98. The van der Waals surface area contributed by atoms with Gasteiger partial charge < -0.3 is 14.9 Å². The number of ether oxygens (including phenoxy) is 1. The fourth-order valence-corrected chi connectivity index (χ4v) is 4.80. The third kappa shape index (κ3) is 4.03. The van der Waals surface area contributed by atoms with E-state index in [4.69, 9.17) is 14.9 Å². The van der Waals surface area contributed by atoms with Crippen LogP contribution in [0.15, 0.2) is 44.6 Å². The summed E-state index contributed by atoms with van der Waals surface area (Å²) in [5, 5.41) is 4.98. The highest BCUT2D eigenvalue weighted by atomic mass is 16.5. The third-order valence-corrected chi connectivity index (χ3v) is 6.52. The van der Waals surface area contributed by atoms with Crippen LogP contribution in [-0.4, -0.2) is 50.3 Å². The van der Waals surface area contributed by atoms with E-state index < -0.39 is 0 Å². The van der Waals surface area contributed by atoms with Crippen LogP contribution in [0, 0.1) is 0 Å². The number of aromatic nitrogens is 5. The Morgan fingerprint density at radius 2 is 2.20 bits per heavy atom. The van der Waals surface area contributed by atoms with Gasteiger partial charge >= 0.3 is 5.69 Å². The summed E-state index contributed by atoms with van der Waals surface area (Å²) in [7, 11) is 3.51. The average molecular weight is 476 g/mol. The quantitative estimate of drug-likeness (QED) is 0.438. The smallest absolute Gasteiger partial charge is 0.349 e. The van der Waals surface area contributed by atoms with Gasteiger partial charge in [-0.15, -0.1) is 0 Å². The molecule has 1 aliphatic rings. The molecule has 5 heterocycles.